The highest BCUT2D eigenvalue weighted by Crippen LogP contribution is 2.38. The summed E-state index contributed by atoms with van der Waals surface area (Å²) in [4.78, 5) is 14.3. The predicted molar refractivity (Wildman–Crippen MR) is 89.5 cm³/mol. The molecule has 2 atom stereocenters. The van der Waals surface area contributed by atoms with E-state index in [1.807, 2.05) is 6.07 Å². The van der Waals surface area contributed by atoms with Crippen molar-refractivity contribution in [3.63, 3.8) is 0 Å². The number of likely N-dealkylation sites (tertiary alicyclic amines) is 1. The number of carboxylic acids is 1. The molecule has 2 heterocycles. The van der Waals surface area contributed by atoms with E-state index in [9.17, 15) is 14.3 Å². The fourth-order valence-corrected chi connectivity index (χ4v) is 4.36. The molecule has 1 fully saturated rings. The van der Waals surface area contributed by atoms with Gasteiger partial charge in [0.2, 0.25) is 0 Å². The number of nitrogens with zero attached hydrogens (tertiary/aromatic N) is 1. The Morgan fingerprint density at radius 1 is 1.35 bits per heavy atom. The van der Waals surface area contributed by atoms with Crippen LogP contribution in [0.15, 0.2) is 36.4 Å². The fraction of sp³-hybridized carbons (Fsp3) is 0.353. The van der Waals surface area contributed by atoms with Crippen LogP contribution < -0.4 is 0 Å². The van der Waals surface area contributed by atoms with Crippen LogP contribution in [0.2, 0.25) is 4.34 Å². The van der Waals surface area contributed by atoms with E-state index in [1.165, 1.54) is 17.4 Å². The summed E-state index contributed by atoms with van der Waals surface area (Å²) >= 11 is 7.47. The smallest absolute Gasteiger partial charge is 0.307 e. The minimum atomic E-state index is -0.786. The Bertz CT molecular complexity index is 705. The summed E-state index contributed by atoms with van der Waals surface area (Å²) in [6, 6.07) is 10.1. The molecule has 0 radical (unpaired) electrons. The predicted octanol–water partition coefficient (Wildman–Crippen LogP) is 4.43. The Balaban J connectivity index is 1.98. The average Bonchev–Trinajstić information content (AvgIpc) is 2.96. The Kier molecular flexibility index (Phi) is 4.99. The first-order chi connectivity index (χ1) is 11.1. The number of aliphatic carboxylic acids is 1. The molecule has 23 heavy (non-hydrogen) atoms. The lowest BCUT2D eigenvalue weighted by Crippen LogP contribution is -2.41. The van der Waals surface area contributed by atoms with Gasteiger partial charge in [0, 0.05) is 17.0 Å². The number of carbonyl (C=O) groups is 1. The van der Waals surface area contributed by atoms with Gasteiger partial charge in [-0.1, -0.05) is 29.8 Å². The first-order valence-corrected chi connectivity index (χ1v) is 8.72. The summed E-state index contributed by atoms with van der Waals surface area (Å²) in [5, 5.41) is 9.32. The number of hydrogen-bond donors (Lipinski definition) is 1. The SMILES string of the molecule is O=C(O)C1CCCN(C(c2ccc(Cl)s2)c2ccccc2F)C1. The number of halogens is 2. The molecule has 0 bridgehead atoms. The molecule has 1 aromatic heterocycles. The van der Waals surface area contributed by atoms with Gasteiger partial charge in [0.1, 0.15) is 5.82 Å². The summed E-state index contributed by atoms with van der Waals surface area (Å²) in [6.07, 6.45) is 1.46. The minimum Gasteiger partial charge on any atom is -0.481 e. The number of carboxylic acid groups (broad SMARTS) is 1. The lowest BCUT2D eigenvalue weighted by Gasteiger charge is -2.37. The summed E-state index contributed by atoms with van der Waals surface area (Å²) < 4.78 is 15.0. The number of piperidine rings is 1. The van der Waals surface area contributed by atoms with Gasteiger partial charge in [-0.3, -0.25) is 9.69 Å². The third-order valence-electron chi connectivity index (χ3n) is 4.23. The summed E-state index contributed by atoms with van der Waals surface area (Å²) in [7, 11) is 0. The van der Waals surface area contributed by atoms with Crippen LogP contribution >= 0.6 is 22.9 Å². The highest BCUT2D eigenvalue weighted by Gasteiger charge is 2.33. The summed E-state index contributed by atoms with van der Waals surface area (Å²) in [6.45, 7) is 1.17. The van der Waals surface area contributed by atoms with Crippen LogP contribution in [0.4, 0.5) is 4.39 Å². The van der Waals surface area contributed by atoms with Gasteiger partial charge in [0.15, 0.2) is 0 Å². The number of thiophene rings is 1. The summed E-state index contributed by atoms with van der Waals surface area (Å²) in [5.41, 5.74) is 0.567. The minimum absolute atomic E-state index is 0.278. The fourth-order valence-electron chi connectivity index (χ4n) is 3.14. The second-order valence-corrected chi connectivity index (χ2v) is 7.48. The van der Waals surface area contributed by atoms with Gasteiger partial charge in [-0.2, -0.15) is 0 Å². The molecule has 1 aliphatic heterocycles. The Morgan fingerprint density at radius 2 is 2.13 bits per heavy atom. The highest BCUT2D eigenvalue weighted by atomic mass is 35.5. The van der Waals surface area contributed by atoms with E-state index in [-0.39, 0.29) is 11.9 Å². The van der Waals surface area contributed by atoms with Gasteiger partial charge < -0.3 is 5.11 Å². The Hall–Kier alpha value is -1.43. The zero-order chi connectivity index (χ0) is 16.4. The van der Waals surface area contributed by atoms with Crippen LogP contribution in [0, 0.1) is 11.7 Å². The van der Waals surface area contributed by atoms with Gasteiger partial charge in [0.05, 0.1) is 16.3 Å². The molecule has 1 saturated heterocycles. The molecule has 3 rings (SSSR count). The molecule has 1 aliphatic rings. The topological polar surface area (TPSA) is 40.5 Å². The monoisotopic (exact) mass is 353 g/mol. The quantitative estimate of drug-likeness (QED) is 0.884. The van der Waals surface area contributed by atoms with E-state index in [0.717, 1.165) is 17.8 Å². The van der Waals surface area contributed by atoms with Crippen LogP contribution in [0.3, 0.4) is 0 Å². The van der Waals surface area contributed by atoms with E-state index in [2.05, 4.69) is 4.90 Å². The summed E-state index contributed by atoms with van der Waals surface area (Å²) in [5.74, 6) is -1.47. The van der Waals surface area contributed by atoms with Crippen molar-refractivity contribution in [3.8, 4) is 0 Å². The van der Waals surface area contributed by atoms with Gasteiger partial charge in [0.25, 0.3) is 0 Å². The Labute approximate surface area is 143 Å². The molecule has 2 unspecified atom stereocenters. The van der Waals surface area contributed by atoms with Gasteiger partial charge in [-0.05, 0) is 37.6 Å². The third-order valence-corrected chi connectivity index (χ3v) is 5.51. The lowest BCUT2D eigenvalue weighted by atomic mass is 9.94. The molecule has 3 nitrogen and oxygen atoms in total. The van der Waals surface area contributed by atoms with Gasteiger partial charge in [-0.15, -0.1) is 11.3 Å². The van der Waals surface area contributed by atoms with Crippen molar-refractivity contribution in [2.24, 2.45) is 5.92 Å². The maximum Gasteiger partial charge on any atom is 0.307 e. The number of hydrogen-bond acceptors (Lipinski definition) is 3. The molecule has 122 valence electrons. The van der Waals surface area contributed by atoms with E-state index < -0.39 is 11.9 Å². The molecular weight excluding hydrogens is 337 g/mol. The zero-order valence-electron chi connectivity index (χ0n) is 12.4. The molecule has 2 aromatic rings. The van der Waals surface area contributed by atoms with E-state index in [4.69, 9.17) is 11.6 Å². The van der Waals surface area contributed by atoms with Crippen LogP contribution in [0.5, 0.6) is 0 Å². The van der Waals surface area contributed by atoms with Crippen LogP contribution in [0.25, 0.3) is 0 Å². The van der Waals surface area contributed by atoms with Crippen molar-refractivity contribution >= 4 is 28.9 Å². The Morgan fingerprint density at radius 3 is 2.78 bits per heavy atom. The van der Waals surface area contributed by atoms with Gasteiger partial charge >= 0.3 is 5.97 Å². The van der Waals surface area contributed by atoms with Crippen molar-refractivity contribution in [2.75, 3.05) is 13.1 Å². The third kappa shape index (κ3) is 3.57. The normalized spacial score (nSPS) is 20.3. The molecule has 0 saturated carbocycles. The van der Waals surface area contributed by atoms with E-state index in [1.54, 1.807) is 24.3 Å². The number of rotatable bonds is 4. The molecule has 6 heteroatoms. The second-order valence-electron chi connectivity index (χ2n) is 5.74. The maximum atomic E-state index is 14.4. The number of benzene rings is 1. The van der Waals surface area contributed by atoms with Crippen LogP contribution in [0.1, 0.15) is 29.3 Å². The second kappa shape index (κ2) is 6.99. The van der Waals surface area contributed by atoms with Crippen molar-refractivity contribution < 1.29 is 14.3 Å². The van der Waals surface area contributed by atoms with E-state index in [0.29, 0.717) is 22.9 Å². The molecular formula is C17H17ClFNO2S. The zero-order valence-corrected chi connectivity index (χ0v) is 14.0. The standard InChI is InChI=1S/C17H17ClFNO2S/c18-15-8-7-14(23-15)16(12-5-1-2-6-13(12)19)20-9-3-4-11(10-20)17(21)22/h1-2,5-8,11,16H,3-4,9-10H2,(H,21,22). The first kappa shape index (κ1) is 16.4. The van der Waals surface area contributed by atoms with Crippen molar-refractivity contribution in [2.45, 2.75) is 18.9 Å². The highest BCUT2D eigenvalue weighted by molar-refractivity contribution is 7.16. The van der Waals surface area contributed by atoms with Gasteiger partial charge in [-0.25, -0.2) is 4.39 Å². The molecule has 0 spiro atoms. The maximum absolute atomic E-state index is 14.4. The van der Waals surface area contributed by atoms with Crippen LogP contribution in [-0.4, -0.2) is 29.1 Å². The molecule has 1 aromatic carbocycles. The molecule has 1 N–H and O–H groups in total. The van der Waals surface area contributed by atoms with Crippen molar-refractivity contribution in [1.29, 1.82) is 0 Å². The molecule has 0 amide bonds. The van der Waals surface area contributed by atoms with E-state index >= 15 is 0 Å². The first-order valence-electron chi connectivity index (χ1n) is 7.53. The van der Waals surface area contributed by atoms with Crippen molar-refractivity contribution in [1.82, 2.24) is 4.90 Å². The largest absolute Gasteiger partial charge is 0.481 e. The van der Waals surface area contributed by atoms with Crippen LogP contribution in [-0.2, 0) is 4.79 Å². The lowest BCUT2D eigenvalue weighted by molar-refractivity contribution is -0.143. The van der Waals surface area contributed by atoms with Crippen molar-refractivity contribution in [3.05, 3.63) is 57.0 Å². The average molecular weight is 354 g/mol. The molecule has 0 aliphatic carbocycles.